The summed E-state index contributed by atoms with van der Waals surface area (Å²) in [6, 6.07) is 1.18. The summed E-state index contributed by atoms with van der Waals surface area (Å²) in [4.78, 5) is 13.0. The molecule has 0 heterocycles. The van der Waals surface area contributed by atoms with E-state index in [0.717, 1.165) is 25.9 Å². The highest BCUT2D eigenvalue weighted by Crippen LogP contribution is 2.06. The molecule has 0 aromatic carbocycles. The minimum Gasteiger partial charge on any atom is -0.356 e. The SMILES string of the molecule is [CH2]C(=O)NCCCCN(C(C)C)C(C)C. The average molecular weight is 213 g/mol. The lowest BCUT2D eigenvalue weighted by atomic mass is 10.2. The van der Waals surface area contributed by atoms with Gasteiger partial charge in [-0.15, -0.1) is 0 Å². The Morgan fingerprint density at radius 2 is 1.73 bits per heavy atom. The van der Waals surface area contributed by atoms with E-state index in [4.69, 9.17) is 0 Å². The third-order valence-corrected chi connectivity index (χ3v) is 2.49. The fourth-order valence-electron chi connectivity index (χ4n) is 1.76. The lowest BCUT2D eigenvalue weighted by Crippen LogP contribution is -2.38. The second kappa shape index (κ2) is 7.69. The molecule has 1 N–H and O–H groups in total. The second-order valence-corrected chi connectivity index (χ2v) is 4.48. The molecule has 1 amide bonds. The fraction of sp³-hybridized carbons (Fsp3) is 0.833. The van der Waals surface area contributed by atoms with Crippen LogP contribution < -0.4 is 5.32 Å². The highest BCUT2D eigenvalue weighted by atomic mass is 16.1. The van der Waals surface area contributed by atoms with E-state index in [1.807, 2.05) is 0 Å². The van der Waals surface area contributed by atoms with Crippen molar-refractivity contribution in [1.29, 1.82) is 0 Å². The molecule has 0 saturated carbocycles. The van der Waals surface area contributed by atoms with Crippen molar-refractivity contribution in [3.63, 3.8) is 0 Å². The van der Waals surface area contributed by atoms with Crippen molar-refractivity contribution in [3.8, 4) is 0 Å². The molecule has 0 aliphatic heterocycles. The van der Waals surface area contributed by atoms with Crippen molar-refractivity contribution in [1.82, 2.24) is 10.2 Å². The number of nitrogens with zero attached hydrogens (tertiary/aromatic N) is 1. The molecule has 0 rings (SSSR count). The van der Waals surface area contributed by atoms with Crippen molar-refractivity contribution in [3.05, 3.63) is 6.92 Å². The van der Waals surface area contributed by atoms with Crippen molar-refractivity contribution in [2.75, 3.05) is 13.1 Å². The molecule has 15 heavy (non-hydrogen) atoms. The zero-order valence-electron chi connectivity index (χ0n) is 10.5. The Morgan fingerprint density at radius 3 is 2.13 bits per heavy atom. The smallest absolute Gasteiger partial charge is 0.220 e. The van der Waals surface area contributed by atoms with Gasteiger partial charge in [0, 0.05) is 25.6 Å². The van der Waals surface area contributed by atoms with E-state index in [2.05, 4.69) is 44.8 Å². The quantitative estimate of drug-likeness (QED) is 0.654. The number of nitrogens with one attached hydrogen (secondary N) is 1. The van der Waals surface area contributed by atoms with Gasteiger partial charge in [0.25, 0.3) is 0 Å². The van der Waals surface area contributed by atoms with Crippen LogP contribution in [0.4, 0.5) is 0 Å². The van der Waals surface area contributed by atoms with Crippen LogP contribution in [0.1, 0.15) is 40.5 Å². The van der Waals surface area contributed by atoms with E-state index in [-0.39, 0.29) is 5.91 Å². The number of hydrogen-bond donors (Lipinski definition) is 1. The Kier molecular flexibility index (Phi) is 7.39. The van der Waals surface area contributed by atoms with Gasteiger partial charge in [0.1, 0.15) is 0 Å². The summed E-state index contributed by atoms with van der Waals surface area (Å²) in [5, 5.41) is 2.71. The van der Waals surface area contributed by atoms with Gasteiger partial charge >= 0.3 is 0 Å². The van der Waals surface area contributed by atoms with E-state index < -0.39 is 0 Å². The van der Waals surface area contributed by atoms with E-state index in [1.54, 1.807) is 0 Å². The van der Waals surface area contributed by atoms with E-state index >= 15 is 0 Å². The van der Waals surface area contributed by atoms with Crippen LogP contribution in [-0.4, -0.2) is 36.0 Å². The van der Waals surface area contributed by atoms with Gasteiger partial charge < -0.3 is 5.32 Å². The molecule has 0 atom stereocenters. The van der Waals surface area contributed by atoms with Gasteiger partial charge in [-0.3, -0.25) is 9.69 Å². The van der Waals surface area contributed by atoms with Crippen LogP contribution in [0.15, 0.2) is 0 Å². The first-order valence-corrected chi connectivity index (χ1v) is 5.80. The highest BCUT2D eigenvalue weighted by Gasteiger charge is 2.11. The third kappa shape index (κ3) is 7.37. The van der Waals surface area contributed by atoms with Crippen molar-refractivity contribution in [2.24, 2.45) is 0 Å². The van der Waals surface area contributed by atoms with Gasteiger partial charge in [0.2, 0.25) is 5.91 Å². The Bertz CT molecular complexity index is 170. The monoisotopic (exact) mass is 213 g/mol. The van der Waals surface area contributed by atoms with Crippen LogP contribution in [0.5, 0.6) is 0 Å². The average Bonchev–Trinajstić information content (AvgIpc) is 2.08. The molecule has 0 aromatic rings. The Labute approximate surface area is 94.2 Å². The molecule has 3 heteroatoms. The summed E-state index contributed by atoms with van der Waals surface area (Å²) in [6.45, 7) is 14.0. The summed E-state index contributed by atoms with van der Waals surface area (Å²) < 4.78 is 0. The summed E-state index contributed by atoms with van der Waals surface area (Å²) >= 11 is 0. The van der Waals surface area contributed by atoms with Crippen LogP contribution in [0.3, 0.4) is 0 Å². The van der Waals surface area contributed by atoms with Gasteiger partial charge in [-0.1, -0.05) is 0 Å². The molecular formula is C12H25N2O. The first-order valence-electron chi connectivity index (χ1n) is 5.80. The number of unbranched alkanes of at least 4 members (excludes halogenated alkanes) is 1. The van der Waals surface area contributed by atoms with Gasteiger partial charge in [-0.05, 0) is 47.1 Å². The normalized spacial score (nSPS) is 11.5. The number of rotatable bonds is 7. The Hall–Kier alpha value is -0.570. The molecule has 0 unspecified atom stereocenters. The van der Waals surface area contributed by atoms with E-state index in [1.165, 1.54) is 0 Å². The number of carbonyl (C=O) groups excluding carboxylic acids is 1. The van der Waals surface area contributed by atoms with Crippen LogP contribution in [0.25, 0.3) is 0 Å². The number of carbonyl (C=O) groups is 1. The molecule has 0 aromatic heterocycles. The third-order valence-electron chi connectivity index (χ3n) is 2.49. The topological polar surface area (TPSA) is 32.3 Å². The second-order valence-electron chi connectivity index (χ2n) is 4.48. The summed E-state index contributed by atoms with van der Waals surface area (Å²) in [7, 11) is 0. The van der Waals surface area contributed by atoms with Crippen LogP contribution in [-0.2, 0) is 4.79 Å². The van der Waals surface area contributed by atoms with E-state index in [0.29, 0.717) is 12.1 Å². The molecule has 0 fully saturated rings. The molecule has 0 bridgehead atoms. The maximum absolute atomic E-state index is 10.5. The van der Waals surface area contributed by atoms with Gasteiger partial charge in [0.15, 0.2) is 0 Å². The first-order chi connectivity index (χ1) is 6.95. The lowest BCUT2D eigenvalue weighted by molar-refractivity contribution is -0.116. The Morgan fingerprint density at radius 1 is 1.20 bits per heavy atom. The van der Waals surface area contributed by atoms with E-state index in [9.17, 15) is 4.79 Å². The maximum Gasteiger partial charge on any atom is 0.220 e. The minimum atomic E-state index is -0.181. The molecule has 0 aliphatic rings. The highest BCUT2D eigenvalue weighted by molar-refractivity contribution is 5.79. The predicted octanol–water partition coefficient (Wildman–Crippen LogP) is 1.84. The molecule has 0 aliphatic carbocycles. The minimum absolute atomic E-state index is 0.181. The van der Waals surface area contributed by atoms with Gasteiger partial charge in [-0.25, -0.2) is 0 Å². The van der Waals surface area contributed by atoms with Crippen LogP contribution >= 0.6 is 0 Å². The molecule has 1 radical (unpaired) electrons. The van der Waals surface area contributed by atoms with Gasteiger partial charge in [0.05, 0.1) is 0 Å². The standard InChI is InChI=1S/C12H25N2O/c1-10(2)14(11(3)4)9-7-6-8-13-12(5)15/h10-11H,5-9H2,1-4H3,(H,13,15). The van der Waals surface area contributed by atoms with Crippen molar-refractivity contribution < 1.29 is 4.79 Å². The summed E-state index contributed by atoms with van der Waals surface area (Å²) in [6.07, 6.45) is 2.15. The summed E-state index contributed by atoms with van der Waals surface area (Å²) in [5.74, 6) is -0.181. The fourth-order valence-corrected chi connectivity index (χ4v) is 1.76. The van der Waals surface area contributed by atoms with Crippen molar-refractivity contribution in [2.45, 2.75) is 52.6 Å². The van der Waals surface area contributed by atoms with Crippen molar-refractivity contribution >= 4 is 5.91 Å². The molecule has 0 spiro atoms. The zero-order chi connectivity index (χ0) is 11.8. The predicted molar refractivity (Wildman–Crippen MR) is 64.6 cm³/mol. The molecule has 89 valence electrons. The first kappa shape index (κ1) is 14.4. The number of hydrogen-bond acceptors (Lipinski definition) is 2. The number of amides is 1. The zero-order valence-corrected chi connectivity index (χ0v) is 10.5. The molecular weight excluding hydrogens is 188 g/mol. The largest absolute Gasteiger partial charge is 0.356 e. The van der Waals surface area contributed by atoms with Crippen LogP contribution in [0, 0.1) is 6.92 Å². The maximum atomic E-state index is 10.5. The summed E-state index contributed by atoms with van der Waals surface area (Å²) in [5.41, 5.74) is 0. The molecule has 0 saturated heterocycles. The Balaban J connectivity index is 3.59. The molecule has 3 nitrogen and oxygen atoms in total. The van der Waals surface area contributed by atoms with Gasteiger partial charge in [-0.2, -0.15) is 0 Å². The lowest BCUT2D eigenvalue weighted by Gasteiger charge is -2.30. The van der Waals surface area contributed by atoms with Crippen LogP contribution in [0.2, 0.25) is 0 Å².